The van der Waals surface area contributed by atoms with Crippen LogP contribution in [-0.4, -0.2) is 61.9 Å². The van der Waals surface area contributed by atoms with Gasteiger partial charge in [-0.05, 0) is 46.2 Å². The van der Waals surface area contributed by atoms with Gasteiger partial charge in [-0.25, -0.2) is 0 Å². The SMILES string of the molecule is CCCNC(C)(CN(CC)CC1CCCO1)C(=O)OCC. The molecule has 0 saturated carbocycles. The minimum Gasteiger partial charge on any atom is -0.465 e. The van der Waals surface area contributed by atoms with Crippen LogP contribution in [0.15, 0.2) is 0 Å². The number of rotatable bonds is 10. The molecule has 124 valence electrons. The summed E-state index contributed by atoms with van der Waals surface area (Å²) >= 11 is 0. The highest BCUT2D eigenvalue weighted by Gasteiger charge is 2.36. The fraction of sp³-hybridized carbons (Fsp3) is 0.938. The highest BCUT2D eigenvalue weighted by molar-refractivity contribution is 5.80. The Kier molecular flexibility index (Phi) is 8.22. The van der Waals surface area contributed by atoms with Gasteiger partial charge in [-0.1, -0.05) is 13.8 Å². The Morgan fingerprint density at radius 2 is 2.19 bits per heavy atom. The molecular formula is C16H32N2O3. The number of carbonyl (C=O) groups excluding carboxylic acids is 1. The number of nitrogens with zero attached hydrogens (tertiary/aromatic N) is 1. The minimum absolute atomic E-state index is 0.163. The summed E-state index contributed by atoms with van der Waals surface area (Å²) in [6, 6.07) is 0. The van der Waals surface area contributed by atoms with Crippen LogP contribution in [-0.2, 0) is 14.3 Å². The van der Waals surface area contributed by atoms with Gasteiger partial charge in [-0.15, -0.1) is 0 Å². The minimum atomic E-state index is -0.652. The van der Waals surface area contributed by atoms with Gasteiger partial charge >= 0.3 is 5.97 Å². The first-order valence-electron chi connectivity index (χ1n) is 8.31. The lowest BCUT2D eigenvalue weighted by atomic mass is 10.0. The number of hydrogen-bond acceptors (Lipinski definition) is 5. The molecule has 2 unspecified atom stereocenters. The van der Waals surface area contributed by atoms with Crippen LogP contribution in [0.1, 0.15) is 47.0 Å². The largest absolute Gasteiger partial charge is 0.465 e. The Bertz CT molecular complexity index is 306. The van der Waals surface area contributed by atoms with Gasteiger partial charge in [0.1, 0.15) is 5.54 Å². The van der Waals surface area contributed by atoms with Gasteiger partial charge in [0.2, 0.25) is 0 Å². The van der Waals surface area contributed by atoms with Crippen molar-refractivity contribution in [3.63, 3.8) is 0 Å². The second-order valence-electron chi connectivity index (χ2n) is 5.94. The quantitative estimate of drug-likeness (QED) is 0.624. The van der Waals surface area contributed by atoms with Crippen molar-refractivity contribution in [3.8, 4) is 0 Å². The van der Waals surface area contributed by atoms with Crippen LogP contribution in [0.5, 0.6) is 0 Å². The highest BCUT2D eigenvalue weighted by atomic mass is 16.5. The number of likely N-dealkylation sites (N-methyl/N-ethyl adjacent to an activating group) is 1. The van der Waals surface area contributed by atoms with E-state index in [0.29, 0.717) is 19.3 Å². The molecule has 21 heavy (non-hydrogen) atoms. The highest BCUT2D eigenvalue weighted by Crippen LogP contribution is 2.16. The molecule has 5 heteroatoms. The molecule has 2 atom stereocenters. The number of esters is 1. The first-order chi connectivity index (χ1) is 10.1. The van der Waals surface area contributed by atoms with Crippen molar-refractivity contribution in [3.05, 3.63) is 0 Å². The summed E-state index contributed by atoms with van der Waals surface area (Å²) in [4.78, 5) is 14.6. The summed E-state index contributed by atoms with van der Waals surface area (Å²) in [5.74, 6) is -0.163. The fourth-order valence-electron chi connectivity index (χ4n) is 2.71. The van der Waals surface area contributed by atoms with E-state index in [1.807, 2.05) is 13.8 Å². The first-order valence-corrected chi connectivity index (χ1v) is 8.31. The van der Waals surface area contributed by atoms with Crippen molar-refractivity contribution < 1.29 is 14.3 Å². The first kappa shape index (κ1) is 18.4. The van der Waals surface area contributed by atoms with E-state index < -0.39 is 5.54 Å². The summed E-state index contributed by atoms with van der Waals surface area (Å²) in [6.45, 7) is 12.6. The van der Waals surface area contributed by atoms with E-state index in [1.54, 1.807) is 0 Å². The molecule has 0 aromatic carbocycles. The molecule has 0 bridgehead atoms. The van der Waals surface area contributed by atoms with Crippen molar-refractivity contribution in [1.29, 1.82) is 0 Å². The van der Waals surface area contributed by atoms with E-state index >= 15 is 0 Å². The fourth-order valence-corrected chi connectivity index (χ4v) is 2.71. The van der Waals surface area contributed by atoms with E-state index in [-0.39, 0.29) is 5.97 Å². The summed E-state index contributed by atoms with van der Waals surface area (Å²) in [5, 5.41) is 3.36. The Hall–Kier alpha value is -0.650. The summed E-state index contributed by atoms with van der Waals surface area (Å²) in [5.41, 5.74) is -0.652. The molecule has 1 fully saturated rings. The Labute approximate surface area is 129 Å². The smallest absolute Gasteiger partial charge is 0.327 e. The van der Waals surface area contributed by atoms with Crippen molar-refractivity contribution in [2.75, 3.05) is 39.4 Å². The van der Waals surface area contributed by atoms with Crippen molar-refractivity contribution in [2.45, 2.75) is 58.6 Å². The van der Waals surface area contributed by atoms with Gasteiger partial charge in [0, 0.05) is 19.7 Å². The molecule has 0 spiro atoms. The molecule has 0 aromatic heterocycles. The molecule has 5 nitrogen and oxygen atoms in total. The lowest BCUT2D eigenvalue weighted by Crippen LogP contribution is -2.58. The molecule has 0 aliphatic carbocycles. The van der Waals surface area contributed by atoms with Crippen LogP contribution in [0.25, 0.3) is 0 Å². The van der Waals surface area contributed by atoms with Crippen LogP contribution in [0.3, 0.4) is 0 Å². The van der Waals surface area contributed by atoms with Gasteiger partial charge in [0.15, 0.2) is 0 Å². The van der Waals surface area contributed by atoms with Crippen molar-refractivity contribution >= 4 is 5.97 Å². The Morgan fingerprint density at radius 1 is 1.43 bits per heavy atom. The van der Waals surface area contributed by atoms with Gasteiger partial charge in [-0.3, -0.25) is 9.69 Å². The third-order valence-corrected chi connectivity index (χ3v) is 3.96. The monoisotopic (exact) mass is 300 g/mol. The summed E-state index contributed by atoms with van der Waals surface area (Å²) < 4.78 is 11.0. The summed E-state index contributed by atoms with van der Waals surface area (Å²) in [7, 11) is 0. The number of hydrogen-bond donors (Lipinski definition) is 1. The molecular weight excluding hydrogens is 268 g/mol. The molecule has 1 saturated heterocycles. The zero-order valence-corrected chi connectivity index (χ0v) is 14.1. The van der Waals surface area contributed by atoms with Crippen LogP contribution >= 0.6 is 0 Å². The third kappa shape index (κ3) is 5.93. The number of carbonyl (C=O) groups is 1. The molecule has 1 aliphatic heterocycles. The standard InChI is InChI=1S/C16H32N2O3/c1-5-10-17-16(4,15(19)20-7-3)13-18(6-2)12-14-9-8-11-21-14/h14,17H,5-13H2,1-4H3. The predicted octanol–water partition coefficient (Wildman–Crippen LogP) is 1.81. The average Bonchev–Trinajstić information content (AvgIpc) is 2.97. The topological polar surface area (TPSA) is 50.8 Å². The third-order valence-electron chi connectivity index (χ3n) is 3.96. The molecule has 1 rings (SSSR count). The average molecular weight is 300 g/mol. The predicted molar refractivity (Wildman–Crippen MR) is 84.4 cm³/mol. The van der Waals surface area contributed by atoms with E-state index in [0.717, 1.165) is 45.5 Å². The number of ether oxygens (including phenoxy) is 2. The van der Waals surface area contributed by atoms with Crippen LogP contribution in [0, 0.1) is 0 Å². The molecule has 0 aromatic rings. The lowest BCUT2D eigenvalue weighted by molar-refractivity contribution is -0.151. The normalized spacial score (nSPS) is 21.5. The van der Waals surface area contributed by atoms with E-state index in [9.17, 15) is 4.79 Å². The summed E-state index contributed by atoms with van der Waals surface area (Å²) in [6.07, 6.45) is 3.57. The van der Waals surface area contributed by atoms with Crippen molar-refractivity contribution in [1.82, 2.24) is 10.2 Å². The van der Waals surface area contributed by atoms with Crippen LogP contribution in [0.2, 0.25) is 0 Å². The van der Waals surface area contributed by atoms with E-state index in [2.05, 4.69) is 24.1 Å². The van der Waals surface area contributed by atoms with Crippen molar-refractivity contribution in [2.24, 2.45) is 0 Å². The Balaban J connectivity index is 2.64. The van der Waals surface area contributed by atoms with E-state index in [1.165, 1.54) is 0 Å². The number of nitrogens with one attached hydrogen (secondary N) is 1. The maximum absolute atomic E-state index is 12.3. The zero-order chi connectivity index (χ0) is 15.7. The molecule has 1 aliphatic rings. The van der Waals surface area contributed by atoms with Crippen LogP contribution in [0.4, 0.5) is 0 Å². The molecule has 1 heterocycles. The van der Waals surface area contributed by atoms with Gasteiger partial charge in [-0.2, -0.15) is 0 Å². The molecule has 0 radical (unpaired) electrons. The Morgan fingerprint density at radius 3 is 2.71 bits per heavy atom. The van der Waals surface area contributed by atoms with Gasteiger partial charge < -0.3 is 14.8 Å². The van der Waals surface area contributed by atoms with Crippen LogP contribution < -0.4 is 5.32 Å². The lowest BCUT2D eigenvalue weighted by Gasteiger charge is -2.35. The second-order valence-corrected chi connectivity index (χ2v) is 5.94. The van der Waals surface area contributed by atoms with Gasteiger partial charge in [0.25, 0.3) is 0 Å². The maximum atomic E-state index is 12.3. The second kappa shape index (κ2) is 9.38. The van der Waals surface area contributed by atoms with Gasteiger partial charge in [0.05, 0.1) is 12.7 Å². The maximum Gasteiger partial charge on any atom is 0.327 e. The van der Waals surface area contributed by atoms with E-state index in [4.69, 9.17) is 9.47 Å². The zero-order valence-electron chi connectivity index (χ0n) is 14.1. The molecule has 1 N–H and O–H groups in total. The molecule has 0 amide bonds.